The molecule has 3 aromatic carbocycles. The summed E-state index contributed by atoms with van der Waals surface area (Å²) in [5, 5.41) is 0. The second-order valence-corrected chi connectivity index (χ2v) is 10.3. The summed E-state index contributed by atoms with van der Waals surface area (Å²) in [5.74, 6) is 0.886. The molecule has 1 aliphatic heterocycles. The number of hydrogen-bond acceptors (Lipinski definition) is 4. The van der Waals surface area contributed by atoms with Gasteiger partial charge in [0.1, 0.15) is 5.75 Å². The van der Waals surface area contributed by atoms with Crippen LogP contribution in [0.2, 0.25) is 0 Å². The van der Waals surface area contributed by atoms with Crippen molar-refractivity contribution in [2.75, 3.05) is 20.3 Å². The Kier molecular flexibility index (Phi) is 8.31. The molecule has 0 aromatic heterocycles. The molecule has 0 N–H and O–H groups in total. The van der Waals surface area contributed by atoms with Gasteiger partial charge in [-0.3, -0.25) is 4.90 Å². The lowest BCUT2D eigenvalue weighted by Gasteiger charge is -2.27. The van der Waals surface area contributed by atoms with Gasteiger partial charge in [0, 0.05) is 40.5 Å². The summed E-state index contributed by atoms with van der Waals surface area (Å²) >= 11 is 5.56. The molecule has 1 atom stereocenters. The predicted molar refractivity (Wildman–Crippen MR) is 136 cm³/mol. The predicted octanol–water partition coefficient (Wildman–Crippen LogP) is 7.10. The lowest BCUT2D eigenvalue weighted by atomic mass is 10.1. The molecule has 0 radical (unpaired) electrons. The first-order valence-electron chi connectivity index (χ1n) is 11.1. The van der Waals surface area contributed by atoms with E-state index in [1.165, 1.54) is 31.0 Å². The number of nitrogens with zero attached hydrogens (tertiary/aromatic N) is 1. The quantitative estimate of drug-likeness (QED) is 0.305. The first-order valence-corrected chi connectivity index (χ1v) is 12.7. The van der Waals surface area contributed by atoms with E-state index in [2.05, 4.69) is 82.4 Å². The molecule has 0 amide bonds. The number of ether oxygens (including phenoxy) is 2. The van der Waals surface area contributed by atoms with Gasteiger partial charge in [0.25, 0.3) is 0 Å². The maximum atomic E-state index is 5.99. The van der Waals surface area contributed by atoms with Gasteiger partial charge in [-0.25, -0.2) is 0 Å². The van der Waals surface area contributed by atoms with Crippen LogP contribution in [0, 0.1) is 6.92 Å². The molecule has 0 aliphatic carbocycles. The summed E-state index contributed by atoms with van der Waals surface area (Å²) < 4.78 is 12.6. The van der Waals surface area contributed by atoms with E-state index in [9.17, 15) is 0 Å². The summed E-state index contributed by atoms with van der Waals surface area (Å²) in [6.45, 7) is 5.73. The van der Waals surface area contributed by atoms with Crippen molar-refractivity contribution in [2.45, 2.75) is 48.7 Å². The monoisotopic (exact) mass is 511 g/mol. The molecule has 5 heteroatoms. The van der Waals surface area contributed by atoms with E-state index in [0.717, 1.165) is 44.8 Å². The van der Waals surface area contributed by atoms with Crippen LogP contribution in [0.3, 0.4) is 0 Å². The highest BCUT2D eigenvalue weighted by Gasteiger charge is 2.21. The van der Waals surface area contributed by atoms with Crippen molar-refractivity contribution in [3.63, 3.8) is 0 Å². The van der Waals surface area contributed by atoms with Crippen LogP contribution in [-0.4, -0.2) is 31.3 Å². The number of benzene rings is 3. The van der Waals surface area contributed by atoms with E-state index < -0.39 is 0 Å². The third kappa shape index (κ3) is 6.38. The molecule has 168 valence electrons. The maximum absolute atomic E-state index is 5.99. The Morgan fingerprint density at radius 2 is 1.88 bits per heavy atom. The SMILES string of the molecule is COc1cccc(Sc2ccccc2CN(Cc2ccc(C)cc2Br)CC2CCCO2)c1. The van der Waals surface area contributed by atoms with Crippen LogP contribution in [0.4, 0.5) is 0 Å². The van der Waals surface area contributed by atoms with Crippen LogP contribution in [-0.2, 0) is 17.8 Å². The third-order valence-corrected chi connectivity index (χ3v) is 7.57. The summed E-state index contributed by atoms with van der Waals surface area (Å²) in [5.41, 5.74) is 3.92. The van der Waals surface area contributed by atoms with Crippen LogP contribution < -0.4 is 4.74 Å². The number of hydrogen-bond donors (Lipinski definition) is 0. The van der Waals surface area contributed by atoms with Gasteiger partial charge in [0.2, 0.25) is 0 Å². The van der Waals surface area contributed by atoms with Crippen molar-refractivity contribution < 1.29 is 9.47 Å². The lowest BCUT2D eigenvalue weighted by molar-refractivity contribution is 0.0676. The highest BCUT2D eigenvalue weighted by Crippen LogP contribution is 2.33. The molecule has 1 fully saturated rings. The van der Waals surface area contributed by atoms with E-state index >= 15 is 0 Å². The third-order valence-electron chi connectivity index (χ3n) is 5.72. The first kappa shape index (κ1) is 23.4. The fraction of sp³-hybridized carbons (Fsp3) is 0.333. The van der Waals surface area contributed by atoms with Gasteiger partial charge >= 0.3 is 0 Å². The molecule has 0 spiro atoms. The lowest BCUT2D eigenvalue weighted by Crippen LogP contribution is -2.31. The van der Waals surface area contributed by atoms with Gasteiger partial charge < -0.3 is 9.47 Å². The molecule has 32 heavy (non-hydrogen) atoms. The highest BCUT2D eigenvalue weighted by molar-refractivity contribution is 9.10. The summed E-state index contributed by atoms with van der Waals surface area (Å²) in [4.78, 5) is 4.99. The summed E-state index contributed by atoms with van der Waals surface area (Å²) in [7, 11) is 1.71. The van der Waals surface area contributed by atoms with Crippen molar-refractivity contribution >= 4 is 27.7 Å². The molecule has 1 aliphatic rings. The Balaban J connectivity index is 1.55. The van der Waals surface area contributed by atoms with Gasteiger partial charge in [-0.1, -0.05) is 64.1 Å². The Bertz CT molecular complexity index is 1040. The van der Waals surface area contributed by atoms with Gasteiger partial charge in [-0.2, -0.15) is 0 Å². The minimum atomic E-state index is 0.317. The summed E-state index contributed by atoms with van der Waals surface area (Å²) in [6, 6.07) is 23.6. The fourth-order valence-electron chi connectivity index (χ4n) is 4.05. The zero-order valence-electron chi connectivity index (χ0n) is 18.7. The molecular weight excluding hydrogens is 482 g/mol. The average molecular weight is 513 g/mol. The molecular formula is C27H30BrNO2S. The zero-order chi connectivity index (χ0) is 22.3. The smallest absolute Gasteiger partial charge is 0.119 e. The first-order chi connectivity index (χ1) is 15.6. The van der Waals surface area contributed by atoms with Crippen molar-refractivity contribution in [1.29, 1.82) is 0 Å². The zero-order valence-corrected chi connectivity index (χ0v) is 21.1. The minimum absolute atomic E-state index is 0.317. The van der Waals surface area contributed by atoms with Crippen LogP contribution in [0.5, 0.6) is 5.75 Å². The van der Waals surface area contributed by atoms with E-state index in [0.29, 0.717) is 6.10 Å². The topological polar surface area (TPSA) is 21.7 Å². The number of halogens is 1. The van der Waals surface area contributed by atoms with E-state index in [-0.39, 0.29) is 0 Å². The standard InChI is InChI=1S/C27H30BrNO2S/c1-20-12-13-21(26(28)15-20)17-29(19-24-9-6-14-31-24)18-22-7-3-4-11-27(22)32-25-10-5-8-23(16-25)30-2/h3-5,7-8,10-13,15-16,24H,6,9,14,17-19H2,1-2H3. The Labute approximate surface area is 204 Å². The van der Waals surface area contributed by atoms with Gasteiger partial charge in [-0.15, -0.1) is 0 Å². The number of rotatable bonds is 9. The van der Waals surface area contributed by atoms with Crippen molar-refractivity contribution in [2.24, 2.45) is 0 Å². The van der Waals surface area contributed by atoms with Crippen LogP contribution >= 0.6 is 27.7 Å². The number of aryl methyl sites for hydroxylation is 1. The molecule has 0 bridgehead atoms. The molecule has 1 unspecified atom stereocenters. The van der Waals surface area contributed by atoms with Gasteiger partial charge in [0.15, 0.2) is 0 Å². The Hall–Kier alpha value is -1.79. The van der Waals surface area contributed by atoms with Crippen LogP contribution in [0.15, 0.2) is 81.0 Å². The second-order valence-electron chi connectivity index (χ2n) is 8.29. The van der Waals surface area contributed by atoms with E-state index in [1.54, 1.807) is 18.9 Å². The molecule has 1 saturated heterocycles. The fourth-order valence-corrected chi connectivity index (χ4v) is 5.65. The number of methoxy groups -OCH3 is 1. The Morgan fingerprint density at radius 1 is 1.03 bits per heavy atom. The summed E-state index contributed by atoms with van der Waals surface area (Å²) in [6.07, 6.45) is 2.62. The maximum Gasteiger partial charge on any atom is 0.119 e. The minimum Gasteiger partial charge on any atom is -0.497 e. The van der Waals surface area contributed by atoms with Gasteiger partial charge in [0.05, 0.1) is 13.2 Å². The van der Waals surface area contributed by atoms with Gasteiger partial charge in [-0.05, 0) is 66.8 Å². The normalized spacial score (nSPS) is 15.9. The molecule has 4 rings (SSSR count). The average Bonchev–Trinajstić information content (AvgIpc) is 3.30. The largest absolute Gasteiger partial charge is 0.497 e. The molecule has 1 heterocycles. The van der Waals surface area contributed by atoms with Crippen molar-refractivity contribution in [3.8, 4) is 5.75 Å². The van der Waals surface area contributed by atoms with Crippen LogP contribution in [0.25, 0.3) is 0 Å². The van der Waals surface area contributed by atoms with E-state index in [1.807, 2.05) is 12.1 Å². The van der Waals surface area contributed by atoms with E-state index in [4.69, 9.17) is 9.47 Å². The molecule has 3 nitrogen and oxygen atoms in total. The molecule has 3 aromatic rings. The molecule has 0 saturated carbocycles. The van der Waals surface area contributed by atoms with Crippen molar-refractivity contribution in [3.05, 3.63) is 87.9 Å². The second kappa shape index (κ2) is 11.4. The van der Waals surface area contributed by atoms with Crippen molar-refractivity contribution in [1.82, 2.24) is 4.90 Å². The van der Waals surface area contributed by atoms with Crippen LogP contribution in [0.1, 0.15) is 29.5 Å². The highest BCUT2D eigenvalue weighted by atomic mass is 79.9. The Morgan fingerprint density at radius 3 is 2.66 bits per heavy atom.